The smallest absolute Gasteiger partial charge is 0.243 e. The fourth-order valence-corrected chi connectivity index (χ4v) is 4.62. The van der Waals surface area contributed by atoms with E-state index >= 15 is 0 Å². The van der Waals surface area contributed by atoms with Crippen molar-refractivity contribution in [2.75, 3.05) is 20.1 Å². The molecule has 2 aliphatic heterocycles. The largest absolute Gasteiger partial charge is 0.384 e. The van der Waals surface area contributed by atoms with Crippen LogP contribution < -0.4 is 11.1 Å². The molecule has 2 aromatic rings. The Hall–Kier alpha value is -3.19. The Kier molecular flexibility index (Phi) is 6.55. The quantitative estimate of drug-likeness (QED) is 0.479. The number of nitrogens with zero attached hydrogens (tertiary/aromatic N) is 2. The fourth-order valence-electron chi connectivity index (χ4n) is 4.62. The van der Waals surface area contributed by atoms with Crippen molar-refractivity contribution >= 4 is 17.6 Å². The molecule has 2 amide bonds. The number of amides is 2. The van der Waals surface area contributed by atoms with Crippen LogP contribution in [0.4, 0.5) is 0 Å². The van der Waals surface area contributed by atoms with Crippen molar-refractivity contribution in [3.05, 3.63) is 71.3 Å². The number of rotatable bonds is 6. The van der Waals surface area contributed by atoms with Crippen LogP contribution in [0, 0.1) is 5.41 Å². The highest BCUT2D eigenvalue weighted by molar-refractivity contribution is 5.95. The van der Waals surface area contributed by atoms with Crippen LogP contribution in [0.1, 0.15) is 41.9 Å². The SMILES string of the molecule is CN1CC[C@H](c2ccccc2)C[C@@H]1C(=O)N1CC[C@H]1C(=O)NCc1ccc(C(=N)N)cc1. The van der Waals surface area contributed by atoms with Gasteiger partial charge in [0.15, 0.2) is 0 Å². The third kappa shape index (κ3) is 4.67. The Balaban J connectivity index is 1.34. The predicted octanol–water partition coefficient (Wildman–Crippen LogP) is 2.07. The fraction of sp³-hybridized carbons (Fsp3) is 0.400. The summed E-state index contributed by atoms with van der Waals surface area (Å²) >= 11 is 0. The van der Waals surface area contributed by atoms with Gasteiger partial charge in [-0.05, 0) is 49.9 Å². The molecule has 0 radical (unpaired) electrons. The van der Waals surface area contributed by atoms with E-state index in [2.05, 4.69) is 22.3 Å². The average Bonchev–Trinajstić information content (AvgIpc) is 2.78. The third-order valence-corrected chi connectivity index (χ3v) is 6.76. The number of carbonyl (C=O) groups is 2. The van der Waals surface area contributed by atoms with E-state index in [9.17, 15) is 9.59 Å². The zero-order valence-corrected chi connectivity index (χ0v) is 18.5. The second-order valence-electron chi connectivity index (χ2n) is 8.79. The lowest BCUT2D eigenvalue weighted by Crippen LogP contribution is -2.62. The standard InChI is InChI=1S/C25H31N5O2/c1-29-13-11-20(18-5-3-2-4-6-18)15-22(29)25(32)30-14-12-21(30)24(31)28-16-17-7-9-19(10-8-17)23(26)27/h2-10,20-22H,11-16H2,1H3,(H3,26,27)(H,28,31)/t20-,21-,22+/m0/s1. The van der Waals surface area contributed by atoms with E-state index in [4.69, 9.17) is 11.1 Å². The Morgan fingerprint density at radius 2 is 1.75 bits per heavy atom. The van der Waals surface area contributed by atoms with Crippen LogP contribution in [0.5, 0.6) is 0 Å². The molecule has 2 aliphatic rings. The van der Waals surface area contributed by atoms with Gasteiger partial charge in [0.1, 0.15) is 11.9 Å². The van der Waals surface area contributed by atoms with E-state index in [0.29, 0.717) is 31.0 Å². The minimum Gasteiger partial charge on any atom is -0.384 e. The first-order chi connectivity index (χ1) is 15.4. The number of carbonyl (C=O) groups excluding carboxylic acids is 2. The second-order valence-corrected chi connectivity index (χ2v) is 8.79. The number of benzene rings is 2. The summed E-state index contributed by atoms with van der Waals surface area (Å²) in [5.74, 6) is 0.336. The molecule has 2 fully saturated rings. The molecule has 2 aromatic carbocycles. The minimum absolute atomic E-state index is 0.0198. The van der Waals surface area contributed by atoms with E-state index in [0.717, 1.165) is 24.9 Å². The molecule has 168 valence electrons. The zero-order valence-electron chi connectivity index (χ0n) is 18.5. The number of likely N-dealkylation sites (N-methyl/N-ethyl adjacent to an activating group) is 1. The number of amidine groups is 1. The lowest BCUT2D eigenvalue weighted by molar-refractivity contribution is -0.152. The van der Waals surface area contributed by atoms with Gasteiger partial charge in [-0.3, -0.25) is 19.9 Å². The summed E-state index contributed by atoms with van der Waals surface area (Å²) in [6.07, 6.45) is 2.52. The monoisotopic (exact) mass is 433 g/mol. The van der Waals surface area contributed by atoms with Gasteiger partial charge in [-0.1, -0.05) is 54.6 Å². The molecule has 2 heterocycles. The average molecular weight is 434 g/mol. The van der Waals surface area contributed by atoms with Gasteiger partial charge in [-0.15, -0.1) is 0 Å². The maximum absolute atomic E-state index is 13.3. The van der Waals surface area contributed by atoms with Crippen LogP contribution in [-0.2, 0) is 16.1 Å². The van der Waals surface area contributed by atoms with Crippen LogP contribution in [0.3, 0.4) is 0 Å². The minimum atomic E-state index is -0.399. The number of hydrogen-bond donors (Lipinski definition) is 3. The van der Waals surface area contributed by atoms with Crippen molar-refractivity contribution < 1.29 is 9.59 Å². The molecule has 4 N–H and O–H groups in total. The number of hydrogen-bond acceptors (Lipinski definition) is 4. The number of nitrogens with one attached hydrogen (secondary N) is 2. The topological polar surface area (TPSA) is 103 Å². The van der Waals surface area contributed by atoms with E-state index in [-0.39, 0.29) is 23.7 Å². The van der Waals surface area contributed by atoms with Gasteiger partial charge in [0, 0.05) is 18.7 Å². The Labute approximate surface area is 189 Å². The molecule has 32 heavy (non-hydrogen) atoms. The van der Waals surface area contributed by atoms with E-state index in [1.165, 1.54) is 5.56 Å². The van der Waals surface area contributed by atoms with Gasteiger partial charge in [0.2, 0.25) is 11.8 Å². The molecule has 7 nitrogen and oxygen atoms in total. The summed E-state index contributed by atoms with van der Waals surface area (Å²) in [7, 11) is 2.00. The van der Waals surface area contributed by atoms with Crippen molar-refractivity contribution in [3.63, 3.8) is 0 Å². The molecular weight excluding hydrogens is 402 g/mol. The molecule has 2 saturated heterocycles. The predicted molar refractivity (Wildman–Crippen MR) is 124 cm³/mol. The summed E-state index contributed by atoms with van der Waals surface area (Å²) in [5.41, 5.74) is 8.35. The van der Waals surface area contributed by atoms with Gasteiger partial charge in [-0.2, -0.15) is 0 Å². The van der Waals surface area contributed by atoms with Crippen LogP contribution in [0.25, 0.3) is 0 Å². The van der Waals surface area contributed by atoms with Gasteiger partial charge in [0.05, 0.1) is 6.04 Å². The van der Waals surface area contributed by atoms with Crippen molar-refractivity contribution in [1.29, 1.82) is 5.41 Å². The van der Waals surface area contributed by atoms with Crippen molar-refractivity contribution in [3.8, 4) is 0 Å². The third-order valence-electron chi connectivity index (χ3n) is 6.76. The molecule has 0 saturated carbocycles. The molecule has 3 atom stereocenters. The van der Waals surface area contributed by atoms with Crippen LogP contribution >= 0.6 is 0 Å². The Bertz CT molecular complexity index is 976. The summed E-state index contributed by atoms with van der Waals surface area (Å²) < 4.78 is 0. The summed E-state index contributed by atoms with van der Waals surface area (Å²) in [4.78, 5) is 30.0. The maximum atomic E-state index is 13.3. The number of nitrogen functional groups attached to an aromatic ring is 1. The molecule has 0 spiro atoms. The first-order valence-corrected chi connectivity index (χ1v) is 11.2. The molecule has 7 heteroatoms. The van der Waals surface area contributed by atoms with Gasteiger partial charge < -0.3 is 16.0 Å². The number of piperidine rings is 1. The maximum Gasteiger partial charge on any atom is 0.243 e. The van der Waals surface area contributed by atoms with E-state index in [1.807, 2.05) is 37.4 Å². The second kappa shape index (κ2) is 9.53. The summed E-state index contributed by atoms with van der Waals surface area (Å²) in [6.45, 7) is 1.89. The van der Waals surface area contributed by atoms with Crippen LogP contribution in [0.2, 0.25) is 0 Å². The van der Waals surface area contributed by atoms with Crippen molar-refractivity contribution in [2.24, 2.45) is 5.73 Å². The van der Waals surface area contributed by atoms with Crippen molar-refractivity contribution in [1.82, 2.24) is 15.1 Å². The normalized spacial score (nSPS) is 23.3. The van der Waals surface area contributed by atoms with Crippen LogP contribution in [0.15, 0.2) is 54.6 Å². The summed E-state index contributed by atoms with van der Waals surface area (Å²) in [5, 5.41) is 10.4. The molecule has 0 aliphatic carbocycles. The first kappa shape index (κ1) is 22.0. The number of nitrogens with two attached hydrogens (primary N) is 1. The van der Waals surface area contributed by atoms with Crippen molar-refractivity contribution in [2.45, 2.75) is 43.8 Å². The molecule has 0 bridgehead atoms. The lowest BCUT2D eigenvalue weighted by atomic mass is 9.84. The van der Waals surface area contributed by atoms with Gasteiger partial charge in [-0.25, -0.2) is 0 Å². The lowest BCUT2D eigenvalue weighted by Gasteiger charge is -2.45. The van der Waals surface area contributed by atoms with Gasteiger partial charge >= 0.3 is 0 Å². The first-order valence-electron chi connectivity index (χ1n) is 11.2. The Morgan fingerprint density at radius 1 is 1.03 bits per heavy atom. The van der Waals surface area contributed by atoms with Gasteiger partial charge in [0.25, 0.3) is 0 Å². The molecule has 4 rings (SSSR count). The Morgan fingerprint density at radius 3 is 2.38 bits per heavy atom. The highest BCUT2D eigenvalue weighted by Gasteiger charge is 2.42. The summed E-state index contributed by atoms with van der Waals surface area (Å²) in [6, 6.07) is 17.0. The zero-order chi connectivity index (χ0) is 22.7. The van der Waals surface area contributed by atoms with E-state index in [1.54, 1.807) is 17.0 Å². The highest BCUT2D eigenvalue weighted by atomic mass is 16.2. The van der Waals surface area contributed by atoms with Crippen LogP contribution in [-0.4, -0.2) is 59.7 Å². The van der Waals surface area contributed by atoms with E-state index < -0.39 is 6.04 Å². The highest BCUT2D eigenvalue weighted by Crippen LogP contribution is 2.33. The molecule has 0 unspecified atom stereocenters. The molecular formula is C25H31N5O2. The number of likely N-dealkylation sites (tertiary alicyclic amines) is 2. The molecule has 0 aromatic heterocycles.